The zero-order chi connectivity index (χ0) is 15.6. The number of carbonyl (C=O) groups is 1. The second-order valence-electron chi connectivity index (χ2n) is 6.49. The highest BCUT2D eigenvalue weighted by Gasteiger charge is 2.39. The SMILES string of the molecule is CC(C)(C)OC(=O)N1C(CO)CCC1c1cccc(N)c1. The zero-order valence-electron chi connectivity index (χ0n) is 12.9. The molecule has 2 atom stereocenters. The van der Waals surface area contributed by atoms with Gasteiger partial charge in [0.25, 0.3) is 0 Å². The molecule has 5 heteroatoms. The minimum atomic E-state index is -0.556. The van der Waals surface area contributed by atoms with E-state index in [9.17, 15) is 9.90 Å². The Morgan fingerprint density at radius 3 is 2.71 bits per heavy atom. The van der Waals surface area contributed by atoms with Gasteiger partial charge in [0.2, 0.25) is 0 Å². The number of nitrogens with zero attached hydrogens (tertiary/aromatic N) is 1. The number of aliphatic hydroxyl groups is 1. The molecule has 3 N–H and O–H groups in total. The Hall–Kier alpha value is -1.75. The number of amides is 1. The fourth-order valence-corrected chi connectivity index (χ4v) is 2.75. The summed E-state index contributed by atoms with van der Waals surface area (Å²) in [5.74, 6) is 0. The number of nitrogen functional groups attached to an aromatic ring is 1. The summed E-state index contributed by atoms with van der Waals surface area (Å²) in [6.45, 7) is 5.46. The van der Waals surface area contributed by atoms with Gasteiger partial charge in [-0.05, 0) is 51.3 Å². The predicted molar refractivity (Wildman–Crippen MR) is 81.8 cm³/mol. The number of likely N-dealkylation sites (tertiary alicyclic amines) is 1. The number of hydrogen-bond acceptors (Lipinski definition) is 4. The number of hydrogen-bond donors (Lipinski definition) is 2. The molecule has 1 aromatic rings. The van der Waals surface area contributed by atoms with E-state index >= 15 is 0 Å². The third-order valence-corrected chi connectivity index (χ3v) is 3.61. The highest BCUT2D eigenvalue weighted by atomic mass is 16.6. The summed E-state index contributed by atoms with van der Waals surface area (Å²) in [5.41, 5.74) is 6.93. The van der Waals surface area contributed by atoms with Crippen molar-refractivity contribution in [1.82, 2.24) is 4.90 Å². The molecule has 0 saturated carbocycles. The largest absolute Gasteiger partial charge is 0.444 e. The van der Waals surface area contributed by atoms with Gasteiger partial charge in [0.1, 0.15) is 5.60 Å². The zero-order valence-corrected chi connectivity index (χ0v) is 12.9. The molecule has 0 spiro atoms. The highest BCUT2D eigenvalue weighted by Crippen LogP contribution is 2.37. The van der Waals surface area contributed by atoms with Crippen molar-refractivity contribution >= 4 is 11.8 Å². The molecule has 2 unspecified atom stereocenters. The van der Waals surface area contributed by atoms with Crippen molar-refractivity contribution in [1.29, 1.82) is 0 Å². The summed E-state index contributed by atoms with van der Waals surface area (Å²) in [6.07, 6.45) is 1.18. The number of rotatable bonds is 2. The Morgan fingerprint density at radius 1 is 1.43 bits per heavy atom. The van der Waals surface area contributed by atoms with E-state index in [2.05, 4.69) is 0 Å². The molecule has 0 radical (unpaired) electrons. The Kier molecular flexibility index (Phi) is 4.42. The van der Waals surface area contributed by atoms with Crippen LogP contribution in [0.25, 0.3) is 0 Å². The molecule has 0 aromatic heterocycles. The summed E-state index contributed by atoms with van der Waals surface area (Å²) < 4.78 is 5.48. The lowest BCUT2D eigenvalue weighted by Gasteiger charge is -2.32. The summed E-state index contributed by atoms with van der Waals surface area (Å²) in [5, 5.41) is 9.53. The summed E-state index contributed by atoms with van der Waals surface area (Å²) in [6, 6.07) is 7.23. The predicted octanol–water partition coefficient (Wildman–Crippen LogP) is 2.70. The maximum atomic E-state index is 12.5. The van der Waals surface area contributed by atoms with Crippen molar-refractivity contribution in [2.75, 3.05) is 12.3 Å². The van der Waals surface area contributed by atoms with Crippen molar-refractivity contribution in [2.24, 2.45) is 0 Å². The van der Waals surface area contributed by atoms with Gasteiger partial charge in [0.05, 0.1) is 18.7 Å². The molecular formula is C16H24N2O3. The van der Waals surface area contributed by atoms with Crippen LogP contribution in [0.1, 0.15) is 45.2 Å². The van der Waals surface area contributed by atoms with E-state index in [-0.39, 0.29) is 24.8 Å². The molecule has 0 aliphatic carbocycles. The fourth-order valence-electron chi connectivity index (χ4n) is 2.75. The van der Waals surface area contributed by atoms with E-state index in [1.54, 1.807) is 4.90 Å². The lowest BCUT2D eigenvalue weighted by atomic mass is 10.0. The van der Waals surface area contributed by atoms with E-state index in [1.165, 1.54) is 0 Å². The third kappa shape index (κ3) is 3.67. The van der Waals surface area contributed by atoms with Crippen molar-refractivity contribution in [3.63, 3.8) is 0 Å². The van der Waals surface area contributed by atoms with E-state index in [0.29, 0.717) is 5.69 Å². The van der Waals surface area contributed by atoms with Crippen molar-refractivity contribution in [2.45, 2.75) is 51.3 Å². The summed E-state index contributed by atoms with van der Waals surface area (Å²) in [7, 11) is 0. The van der Waals surface area contributed by atoms with Gasteiger partial charge < -0.3 is 15.6 Å². The molecule has 116 valence electrons. The Labute approximate surface area is 125 Å². The maximum absolute atomic E-state index is 12.5. The van der Waals surface area contributed by atoms with Crippen LogP contribution in [0, 0.1) is 0 Å². The van der Waals surface area contributed by atoms with E-state index in [0.717, 1.165) is 18.4 Å². The number of anilines is 1. The van der Waals surface area contributed by atoms with Gasteiger partial charge in [-0.2, -0.15) is 0 Å². The first kappa shape index (κ1) is 15.6. The van der Waals surface area contributed by atoms with Crippen LogP contribution < -0.4 is 5.73 Å². The van der Waals surface area contributed by atoms with Crippen LogP contribution in [0.4, 0.5) is 10.5 Å². The summed E-state index contributed by atoms with van der Waals surface area (Å²) in [4.78, 5) is 14.1. The van der Waals surface area contributed by atoms with E-state index in [1.807, 2.05) is 45.0 Å². The van der Waals surface area contributed by atoms with Gasteiger partial charge in [-0.25, -0.2) is 4.79 Å². The van der Waals surface area contributed by atoms with Crippen LogP contribution in [-0.4, -0.2) is 34.3 Å². The van der Waals surface area contributed by atoms with E-state index in [4.69, 9.17) is 10.5 Å². The maximum Gasteiger partial charge on any atom is 0.411 e. The number of benzene rings is 1. The molecule has 2 rings (SSSR count). The molecule has 1 saturated heterocycles. The molecule has 1 fully saturated rings. The van der Waals surface area contributed by atoms with Gasteiger partial charge in [-0.15, -0.1) is 0 Å². The van der Waals surface area contributed by atoms with Crippen LogP contribution in [0.15, 0.2) is 24.3 Å². The van der Waals surface area contributed by atoms with Crippen LogP contribution in [0.5, 0.6) is 0 Å². The van der Waals surface area contributed by atoms with Crippen LogP contribution >= 0.6 is 0 Å². The molecule has 1 amide bonds. The number of ether oxygens (including phenoxy) is 1. The molecule has 1 aliphatic heterocycles. The van der Waals surface area contributed by atoms with Gasteiger partial charge in [-0.3, -0.25) is 4.90 Å². The van der Waals surface area contributed by atoms with Gasteiger partial charge in [0.15, 0.2) is 0 Å². The van der Waals surface area contributed by atoms with Crippen molar-refractivity contribution in [3.05, 3.63) is 29.8 Å². The lowest BCUT2D eigenvalue weighted by Crippen LogP contribution is -2.42. The van der Waals surface area contributed by atoms with Crippen molar-refractivity contribution in [3.8, 4) is 0 Å². The van der Waals surface area contributed by atoms with E-state index < -0.39 is 5.60 Å². The second-order valence-corrected chi connectivity index (χ2v) is 6.49. The number of nitrogens with two attached hydrogens (primary N) is 1. The van der Waals surface area contributed by atoms with Gasteiger partial charge in [-0.1, -0.05) is 12.1 Å². The first-order chi connectivity index (χ1) is 9.81. The average Bonchev–Trinajstić information content (AvgIpc) is 2.80. The molecule has 0 bridgehead atoms. The minimum Gasteiger partial charge on any atom is -0.444 e. The molecule has 21 heavy (non-hydrogen) atoms. The molecule has 1 aromatic carbocycles. The van der Waals surface area contributed by atoms with Crippen LogP contribution in [-0.2, 0) is 4.74 Å². The van der Waals surface area contributed by atoms with Crippen molar-refractivity contribution < 1.29 is 14.6 Å². The average molecular weight is 292 g/mol. The summed E-state index contributed by atoms with van der Waals surface area (Å²) >= 11 is 0. The van der Waals surface area contributed by atoms with Gasteiger partial charge >= 0.3 is 6.09 Å². The van der Waals surface area contributed by atoms with Gasteiger partial charge in [0, 0.05) is 5.69 Å². The fraction of sp³-hybridized carbons (Fsp3) is 0.562. The third-order valence-electron chi connectivity index (χ3n) is 3.61. The lowest BCUT2D eigenvalue weighted by molar-refractivity contribution is 0.00869. The van der Waals surface area contributed by atoms with Crippen LogP contribution in [0.3, 0.4) is 0 Å². The monoisotopic (exact) mass is 292 g/mol. The normalized spacial score (nSPS) is 22.4. The highest BCUT2D eigenvalue weighted by molar-refractivity contribution is 5.70. The quantitative estimate of drug-likeness (QED) is 0.822. The molecular weight excluding hydrogens is 268 g/mol. The Bertz CT molecular complexity index is 510. The molecule has 5 nitrogen and oxygen atoms in total. The Balaban J connectivity index is 2.26. The Morgan fingerprint density at radius 2 is 2.14 bits per heavy atom. The van der Waals surface area contributed by atoms with Crippen LogP contribution in [0.2, 0.25) is 0 Å². The number of aliphatic hydroxyl groups excluding tert-OH is 1. The standard InChI is InChI=1S/C16H24N2O3/c1-16(2,3)21-15(20)18-13(10-19)7-8-14(18)11-5-4-6-12(17)9-11/h4-6,9,13-14,19H,7-8,10,17H2,1-3H3. The first-order valence-corrected chi connectivity index (χ1v) is 7.29. The topological polar surface area (TPSA) is 75.8 Å². The molecule has 1 heterocycles. The second kappa shape index (κ2) is 5.93. The smallest absolute Gasteiger partial charge is 0.411 e. The first-order valence-electron chi connectivity index (χ1n) is 7.29. The minimum absolute atomic E-state index is 0.0575. The number of carbonyl (C=O) groups excluding carboxylic acids is 1. The molecule has 1 aliphatic rings.